The van der Waals surface area contributed by atoms with Gasteiger partial charge in [0.1, 0.15) is 6.04 Å². The summed E-state index contributed by atoms with van der Waals surface area (Å²) in [6.07, 6.45) is 0.855. The Kier molecular flexibility index (Phi) is 6.01. The molecule has 20 heavy (non-hydrogen) atoms. The number of halogens is 1. The van der Waals surface area contributed by atoms with E-state index in [0.29, 0.717) is 23.4 Å². The highest BCUT2D eigenvalue weighted by atomic mass is 79.9. The molecule has 1 aromatic carbocycles. The molecule has 5 nitrogen and oxygen atoms in total. The summed E-state index contributed by atoms with van der Waals surface area (Å²) in [6.45, 7) is 6.00. The number of nitrogens with two attached hydrogens (primary N) is 1. The van der Waals surface area contributed by atoms with Crippen molar-refractivity contribution in [2.24, 2.45) is 0 Å². The van der Waals surface area contributed by atoms with E-state index in [4.69, 9.17) is 5.73 Å². The predicted molar refractivity (Wildman–Crippen MR) is 83.5 cm³/mol. The van der Waals surface area contributed by atoms with Crippen molar-refractivity contribution in [3.8, 4) is 0 Å². The fraction of sp³-hybridized carbons (Fsp3) is 0.429. The van der Waals surface area contributed by atoms with Crippen LogP contribution >= 0.6 is 15.9 Å². The summed E-state index contributed by atoms with van der Waals surface area (Å²) in [5.74, 6) is -0.504. The Morgan fingerprint density at radius 3 is 2.65 bits per heavy atom. The number of rotatable bonds is 5. The molecule has 1 atom stereocenters. The van der Waals surface area contributed by atoms with E-state index in [1.165, 1.54) is 0 Å². The molecule has 0 aliphatic rings. The maximum atomic E-state index is 12.2. The van der Waals surface area contributed by atoms with E-state index >= 15 is 0 Å². The number of carbonyl (C=O) groups excluding carboxylic acids is 2. The Balaban J connectivity index is 2.79. The van der Waals surface area contributed by atoms with Crippen LogP contribution in [0.5, 0.6) is 0 Å². The number of nitrogens with one attached hydrogen (secondary N) is 2. The first kappa shape index (κ1) is 16.5. The highest BCUT2D eigenvalue weighted by Crippen LogP contribution is 2.22. The maximum Gasteiger partial charge on any atom is 0.252 e. The van der Waals surface area contributed by atoms with E-state index in [0.717, 1.165) is 10.9 Å². The van der Waals surface area contributed by atoms with Gasteiger partial charge >= 0.3 is 0 Å². The van der Waals surface area contributed by atoms with Crippen LogP contribution in [0.1, 0.15) is 36.2 Å². The summed E-state index contributed by atoms with van der Waals surface area (Å²) >= 11 is 3.31. The smallest absolute Gasteiger partial charge is 0.252 e. The highest BCUT2D eigenvalue weighted by molar-refractivity contribution is 9.10. The molecule has 0 saturated heterocycles. The first-order valence-electron chi connectivity index (χ1n) is 6.51. The number of benzene rings is 1. The molecule has 110 valence electrons. The summed E-state index contributed by atoms with van der Waals surface area (Å²) < 4.78 is 0.730. The minimum Gasteiger partial charge on any atom is -0.398 e. The summed E-state index contributed by atoms with van der Waals surface area (Å²) in [5.41, 5.74) is 7.53. The summed E-state index contributed by atoms with van der Waals surface area (Å²) in [4.78, 5) is 23.9. The minimum absolute atomic E-state index is 0.194. The normalized spacial score (nSPS) is 11.8. The fourth-order valence-electron chi connectivity index (χ4n) is 1.68. The van der Waals surface area contributed by atoms with Crippen molar-refractivity contribution >= 4 is 33.4 Å². The molecule has 1 unspecified atom stereocenters. The second kappa shape index (κ2) is 7.28. The van der Waals surface area contributed by atoms with Crippen LogP contribution in [0.2, 0.25) is 0 Å². The molecule has 0 saturated carbocycles. The minimum atomic E-state index is -0.589. The van der Waals surface area contributed by atoms with Gasteiger partial charge in [-0.3, -0.25) is 9.59 Å². The van der Waals surface area contributed by atoms with Crippen LogP contribution in [0, 0.1) is 6.92 Å². The standard InChI is InChI=1S/C14H20BrN3O2/c1-4-5-17-13(19)9(3)18-14(20)11-6-10(15)7-12(16)8(11)2/h6-7,9H,4-5,16H2,1-3H3,(H,17,19)(H,18,20). The molecule has 0 aromatic heterocycles. The van der Waals surface area contributed by atoms with Gasteiger partial charge in [-0.15, -0.1) is 0 Å². The van der Waals surface area contributed by atoms with Crippen LogP contribution in [-0.2, 0) is 4.79 Å². The lowest BCUT2D eigenvalue weighted by atomic mass is 10.1. The van der Waals surface area contributed by atoms with E-state index in [2.05, 4.69) is 26.6 Å². The molecule has 0 bridgehead atoms. The third kappa shape index (κ3) is 4.23. The molecule has 0 spiro atoms. The van der Waals surface area contributed by atoms with E-state index in [1.54, 1.807) is 26.0 Å². The largest absolute Gasteiger partial charge is 0.398 e. The summed E-state index contributed by atoms with van der Waals surface area (Å²) in [7, 11) is 0. The number of carbonyl (C=O) groups is 2. The molecular formula is C14H20BrN3O2. The monoisotopic (exact) mass is 341 g/mol. The third-order valence-electron chi connectivity index (χ3n) is 2.95. The molecule has 0 aliphatic heterocycles. The van der Waals surface area contributed by atoms with Gasteiger partial charge in [-0.1, -0.05) is 22.9 Å². The van der Waals surface area contributed by atoms with E-state index < -0.39 is 6.04 Å². The summed E-state index contributed by atoms with van der Waals surface area (Å²) in [6, 6.07) is 2.84. The Bertz CT molecular complexity index is 517. The van der Waals surface area contributed by atoms with Crippen LogP contribution in [0.25, 0.3) is 0 Å². The molecule has 1 aromatic rings. The average molecular weight is 342 g/mol. The first-order chi connectivity index (χ1) is 9.36. The number of anilines is 1. The van der Waals surface area contributed by atoms with E-state index in [1.807, 2.05) is 6.92 Å². The Labute approximate surface area is 127 Å². The molecule has 4 N–H and O–H groups in total. The van der Waals surface area contributed by atoms with Gasteiger partial charge < -0.3 is 16.4 Å². The SMILES string of the molecule is CCCNC(=O)C(C)NC(=O)c1cc(Br)cc(N)c1C. The number of hydrogen-bond donors (Lipinski definition) is 3. The van der Waals surface area contributed by atoms with Crippen LogP contribution in [-0.4, -0.2) is 24.4 Å². The van der Waals surface area contributed by atoms with Crippen molar-refractivity contribution < 1.29 is 9.59 Å². The quantitative estimate of drug-likeness (QED) is 0.716. The predicted octanol–water partition coefficient (Wildman–Crippen LogP) is 1.98. The van der Waals surface area contributed by atoms with Gasteiger partial charge in [-0.2, -0.15) is 0 Å². The lowest BCUT2D eigenvalue weighted by Crippen LogP contribution is -2.45. The second-order valence-electron chi connectivity index (χ2n) is 4.65. The molecule has 0 radical (unpaired) electrons. The molecule has 0 aliphatic carbocycles. The average Bonchev–Trinajstić information content (AvgIpc) is 2.39. The molecule has 6 heteroatoms. The fourth-order valence-corrected chi connectivity index (χ4v) is 2.15. The zero-order valence-corrected chi connectivity index (χ0v) is 13.5. The zero-order chi connectivity index (χ0) is 15.3. The maximum absolute atomic E-state index is 12.2. The van der Waals surface area contributed by atoms with Crippen LogP contribution in [0.15, 0.2) is 16.6 Å². The molecule has 0 fully saturated rings. The van der Waals surface area contributed by atoms with Crippen LogP contribution in [0.4, 0.5) is 5.69 Å². The Hall–Kier alpha value is -1.56. The van der Waals surface area contributed by atoms with Gasteiger partial charge in [0.05, 0.1) is 0 Å². The lowest BCUT2D eigenvalue weighted by Gasteiger charge is -2.15. The second-order valence-corrected chi connectivity index (χ2v) is 5.57. The number of amides is 2. The summed E-state index contributed by atoms with van der Waals surface area (Å²) in [5, 5.41) is 5.41. The van der Waals surface area contributed by atoms with Crippen LogP contribution in [0.3, 0.4) is 0 Å². The van der Waals surface area contributed by atoms with Crippen LogP contribution < -0.4 is 16.4 Å². The molecule has 2 amide bonds. The van der Waals surface area contributed by atoms with Gasteiger partial charge in [-0.25, -0.2) is 0 Å². The van der Waals surface area contributed by atoms with Crippen molar-refractivity contribution in [1.29, 1.82) is 0 Å². The van der Waals surface area contributed by atoms with Crippen molar-refractivity contribution in [1.82, 2.24) is 10.6 Å². The van der Waals surface area contributed by atoms with Gasteiger partial charge in [0.2, 0.25) is 5.91 Å². The van der Waals surface area contributed by atoms with Gasteiger partial charge in [-0.05, 0) is 38.0 Å². The molecule has 0 heterocycles. The van der Waals surface area contributed by atoms with E-state index in [-0.39, 0.29) is 11.8 Å². The first-order valence-corrected chi connectivity index (χ1v) is 7.30. The van der Waals surface area contributed by atoms with Gasteiger partial charge in [0.15, 0.2) is 0 Å². The van der Waals surface area contributed by atoms with Crippen molar-refractivity contribution in [2.45, 2.75) is 33.2 Å². The number of nitrogen functional groups attached to an aromatic ring is 1. The molecule has 1 rings (SSSR count). The Morgan fingerprint density at radius 2 is 2.05 bits per heavy atom. The topological polar surface area (TPSA) is 84.2 Å². The van der Waals surface area contributed by atoms with Gasteiger partial charge in [0.25, 0.3) is 5.91 Å². The van der Waals surface area contributed by atoms with Crippen molar-refractivity contribution in [2.75, 3.05) is 12.3 Å². The molecular weight excluding hydrogens is 322 g/mol. The third-order valence-corrected chi connectivity index (χ3v) is 3.41. The zero-order valence-electron chi connectivity index (χ0n) is 11.9. The van der Waals surface area contributed by atoms with Crippen molar-refractivity contribution in [3.05, 3.63) is 27.7 Å². The lowest BCUT2D eigenvalue weighted by molar-refractivity contribution is -0.122. The van der Waals surface area contributed by atoms with Crippen molar-refractivity contribution in [3.63, 3.8) is 0 Å². The number of hydrogen-bond acceptors (Lipinski definition) is 3. The van der Waals surface area contributed by atoms with Gasteiger partial charge in [0, 0.05) is 22.3 Å². The van der Waals surface area contributed by atoms with E-state index in [9.17, 15) is 9.59 Å². The highest BCUT2D eigenvalue weighted by Gasteiger charge is 2.18. The Morgan fingerprint density at radius 1 is 1.40 bits per heavy atom.